The van der Waals surface area contributed by atoms with Gasteiger partial charge in [0.2, 0.25) is 0 Å². The van der Waals surface area contributed by atoms with E-state index in [-0.39, 0.29) is 5.69 Å². The maximum absolute atomic E-state index is 10.6. The van der Waals surface area contributed by atoms with E-state index in [9.17, 15) is 10.1 Å². The Balaban J connectivity index is 3.05. The molecule has 0 fully saturated rings. The second-order valence-electron chi connectivity index (χ2n) is 3.10. The van der Waals surface area contributed by atoms with Gasteiger partial charge in [0, 0.05) is 12.1 Å². The van der Waals surface area contributed by atoms with Gasteiger partial charge in [-0.1, -0.05) is 12.2 Å². The van der Waals surface area contributed by atoms with Crippen LogP contribution in [0.25, 0.3) is 6.08 Å². The summed E-state index contributed by atoms with van der Waals surface area (Å²) in [6.07, 6.45) is 4.41. The van der Waals surface area contributed by atoms with Crippen molar-refractivity contribution in [2.24, 2.45) is 0 Å². The molecule has 0 heterocycles. The standard InChI is InChI=1S/C11H10N2O2S/c12-8-10-5-9(3-1-2-4-16)6-11(7-10)13(14)15/h1,3,5-7,16H,2,4H2. The quantitative estimate of drug-likeness (QED) is 0.495. The molecule has 0 radical (unpaired) electrons. The number of nitro groups is 1. The van der Waals surface area contributed by atoms with E-state index < -0.39 is 4.92 Å². The number of nitrogens with zero attached hydrogens (tertiary/aromatic N) is 2. The lowest BCUT2D eigenvalue weighted by molar-refractivity contribution is -0.384. The van der Waals surface area contributed by atoms with Crippen molar-refractivity contribution in [2.75, 3.05) is 5.75 Å². The molecule has 1 aromatic rings. The number of rotatable bonds is 4. The third-order valence-electron chi connectivity index (χ3n) is 1.89. The zero-order valence-corrected chi connectivity index (χ0v) is 9.35. The van der Waals surface area contributed by atoms with E-state index in [2.05, 4.69) is 12.6 Å². The van der Waals surface area contributed by atoms with Crippen molar-refractivity contribution in [3.63, 3.8) is 0 Å². The highest BCUT2D eigenvalue weighted by molar-refractivity contribution is 7.80. The second kappa shape index (κ2) is 5.93. The number of hydrogen-bond acceptors (Lipinski definition) is 4. The van der Waals surface area contributed by atoms with E-state index in [1.54, 1.807) is 12.1 Å². The number of hydrogen-bond donors (Lipinski definition) is 1. The van der Waals surface area contributed by atoms with Gasteiger partial charge in [-0.3, -0.25) is 10.1 Å². The van der Waals surface area contributed by atoms with Crippen molar-refractivity contribution in [3.05, 3.63) is 45.5 Å². The number of allylic oxidation sites excluding steroid dienone is 1. The maximum Gasteiger partial charge on any atom is 0.271 e. The Morgan fingerprint density at radius 3 is 2.81 bits per heavy atom. The van der Waals surface area contributed by atoms with Crippen LogP contribution in [-0.2, 0) is 0 Å². The average molecular weight is 234 g/mol. The van der Waals surface area contributed by atoms with Gasteiger partial charge in [0.25, 0.3) is 5.69 Å². The number of nitriles is 1. The Kier molecular flexibility index (Phi) is 4.55. The Bertz CT molecular complexity index is 464. The Morgan fingerprint density at radius 2 is 2.25 bits per heavy atom. The van der Waals surface area contributed by atoms with E-state index >= 15 is 0 Å². The fourth-order valence-electron chi connectivity index (χ4n) is 1.19. The molecule has 0 aliphatic rings. The first-order valence-corrected chi connectivity index (χ1v) is 5.27. The minimum Gasteiger partial charge on any atom is -0.258 e. The number of thiol groups is 1. The molecule has 0 bridgehead atoms. The van der Waals surface area contributed by atoms with Gasteiger partial charge >= 0.3 is 0 Å². The molecule has 0 amide bonds. The summed E-state index contributed by atoms with van der Waals surface area (Å²) in [4.78, 5) is 10.1. The lowest BCUT2D eigenvalue weighted by Gasteiger charge is -1.96. The maximum atomic E-state index is 10.6. The monoisotopic (exact) mass is 234 g/mol. The summed E-state index contributed by atoms with van der Waals surface area (Å²) in [5, 5.41) is 19.3. The van der Waals surface area contributed by atoms with Gasteiger partial charge < -0.3 is 0 Å². The highest BCUT2D eigenvalue weighted by Crippen LogP contribution is 2.18. The predicted octanol–water partition coefficient (Wildman–Crippen LogP) is 2.80. The fraction of sp³-hybridized carbons (Fsp3) is 0.182. The highest BCUT2D eigenvalue weighted by Gasteiger charge is 2.07. The van der Waals surface area contributed by atoms with E-state index in [0.29, 0.717) is 11.1 Å². The molecule has 0 unspecified atom stereocenters. The summed E-state index contributed by atoms with van der Waals surface area (Å²) in [6.45, 7) is 0. The van der Waals surface area contributed by atoms with Crippen molar-refractivity contribution in [1.82, 2.24) is 0 Å². The molecule has 1 rings (SSSR count). The zero-order valence-electron chi connectivity index (χ0n) is 8.46. The van der Waals surface area contributed by atoms with Crippen molar-refractivity contribution >= 4 is 24.4 Å². The first-order valence-electron chi connectivity index (χ1n) is 4.64. The van der Waals surface area contributed by atoms with Gasteiger partial charge in [-0.15, -0.1) is 0 Å². The molecule has 4 nitrogen and oxygen atoms in total. The molecule has 0 saturated heterocycles. The van der Waals surface area contributed by atoms with Crippen LogP contribution in [0.2, 0.25) is 0 Å². The third kappa shape index (κ3) is 3.41. The van der Waals surface area contributed by atoms with Crippen LogP contribution in [0.3, 0.4) is 0 Å². The van der Waals surface area contributed by atoms with Crippen molar-refractivity contribution in [1.29, 1.82) is 5.26 Å². The summed E-state index contributed by atoms with van der Waals surface area (Å²) in [5.74, 6) is 0.719. The van der Waals surface area contributed by atoms with Crippen molar-refractivity contribution < 1.29 is 4.92 Å². The van der Waals surface area contributed by atoms with Crippen LogP contribution in [0.5, 0.6) is 0 Å². The minimum atomic E-state index is -0.503. The van der Waals surface area contributed by atoms with Gasteiger partial charge in [0.15, 0.2) is 0 Å². The smallest absolute Gasteiger partial charge is 0.258 e. The van der Waals surface area contributed by atoms with Gasteiger partial charge in [0.1, 0.15) is 0 Å². The molecular weight excluding hydrogens is 224 g/mol. The molecule has 0 saturated carbocycles. The normalized spacial score (nSPS) is 10.2. The molecule has 5 heteroatoms. The largest absolute Gasteiger partial charge is 0.271 e. The molecular formula is C11H10N2O2S. The molecule has 82 valence electrons. The van der Waals surface area contributed by atoms with E-state index in [1.165, 1.54) is 12.1 Å². The van der Waals surface area contributed by atoms with Gasteiger partial charge in [-0.05, 0) is 23.8 Å². The Morgan fingerprint density at radius 1 is 1.50 bits per heavy atom. The van der Waals surface area contributed by atoms with Crippen LogP contribution in [0, 0.1) is 21.4 Å². The first-order chi connectivity index (χ1) is 7.67. The lowest BCUT2D eigenvalue weighted by atomic mass is 10.1. The summed E-state index contributed by atoms with van der Waals surface area (Å²) in [5.41, 5.74) is 0.886. The molecule has 0 aliphatic heterocycles. The van der Waals surface area contributed by atoms with Gasteiger partial charge in [0.05, 0.1) is 16.6 Å². The van der Waals surface area contributed by atoms with E-state index in [1.807, 2.05) is 12.1 Å². The molecule has 0 aromatic heterocycles. The number of benzene rings is 1. The molecule has 0 spiro atoms. The van der Waals surface area contributed by atoms with E-state index in [4.69, 9.17) is 5.26 Å². The van der Waals surface area contributed by atoms with Crippen molar-refractivity contribution in [2.45, 2.75) is 6.42 Å². The zero-order chi connectivity index (χ0) is 12.0. The average Bonchev–Trinajstić information content (AvgIpc) is 2.29. The number of nitro benzene ring substituents is 1. The first kappa shape index (κ1) is 12.3. The summed E-state index contributed by atoms with van der Waals surface area (Å²) in [7, 11) is 0. The summed E-state index contributed by atoms with van der Waals surface area (Å²) in [6, 6.07) is 6.21. The lowest BCUT2D eigenvalue weighted by Crippen LogP contribution is -1.90. The van der Waals surface area contributed by atoms with Gasteiger partial charge in [-0.25, -0.2) is 0 Å². The number of non-ortho nitro benzene ring substituents is 1. The van der Waals surface area contributed by atoms with Crippen LogP contribution in [-0.4, -0.2) is 10.7 Å². The topological polar surface area (TPSA) is 66.9 Å². The molecule has 0 atom stereocenters. The van der Waals surface area contributed by atoms with Crippen LogP contribution in [0.4, 0.5) is 5.69 Å². The summed E-state index contributed by atoms with van der Waals surface area (Å²) < 4.78 is 0. The Labute approximate surface area is 98.8 Å². The minimum absolute atomic E-state index is 0.0652. The van der Waals surface area contributed by atoms with Crippen LogP contribution in [0.1, 0.15) is 17.5 Å². The molecule has 0 N–H and O–H groups in total. The highest BCUT2D eigenvalue weighted by atomic mass is 32.1. The fourth-order valence-corrected chi connectivity index (χ4v) is 1.34. The van der Waals surface area contributed by atoms with Gasteiger partial charge in [-0.2, -0.15) is 17.9 Å². The third-order valence-corrected chi connectivity index (χ3v) is 2.14. The van der Waals surface area contributed by atoms with Crippen LogP contribution >= 0.6 is 12.6 Å². The molecule has 0 aliphatic carbocycles. The van der Waals surface area contributed by atoms with Crippen LogP contribution < -0.4 is 0 Å². The van der Waals surface area contributed by atoms with Crippen LogP contribution in [0.15, 0.2) is 24.3 Å². The SMILES string of the molecule is N#Cc1cc(C=CCCS)cc([N+](=O)[O-])c1. The van der Waals surface area contributed by atoms with E-state index in [0.717, 1.165) is 12.2 Å². The predicted molar refractivity (Wildman–Crippen MR) is 65.3 cm³/mol. The molecule has 16 heavy (non-hydrogen) atoms. The van der Waals surface area contributed by atoms with Crippen molar-refractivity contribution in [3.8, 4) is 6.07 Å². The Hall–Kier alpha value is -1.80. The summed E-state index contributed by atoms with van der Waals surface area (Å²) >= 11 is 4.05. The second-order valence-corrected chi connectivity index (χ2v) is 3.54. The molecule has 1 aromatic carbocycles.